The van der Waals surface area contributed by atoms with Gasteiger partial charge in [-0.05, 0) is 64.3 Å². The number of rotatable bonds is 6. The molecule has 0 spiro atoms. The van der Waals surface area contributed by atoms with Crippen LogP contribution in [0.3, 0.4) is 0 Å². The minimum absolute atomic E-state index is 0.178. The number of hydrogen-bond donors (Lipinski definition) is 3. The lowest BCUT2D eigenvalue weighted by molar-refractivity contribution is 0.470. The van der Waals surface area contributed by atoms with Crippen molar-refractivity contribution in [3.63, 3.8) is 0 Å². The lowest BCUT2D eigenvalue weighted by Crippen LogP contribution is -1.90. The summed E-state index contributed by atoms with van der Waals surface area (Å²) >= 11 is 4.27. The van der Waals surface area contributed by atoms with Crippen molar-refractivity contribution >= 4 is 34.2 Å². The summed E-state index contributed by atoms with van der Waals surface area (Å²) < 4.78 is 0. The van der Waals surface area contributed by atoms with Crippen molar-refractivity contribution in [1.82, 2.24) is 0 Å². The molecule has 2 nitrogen and oxygen atoms in total. The van der Waals surface area contributed by atoms with Crippen molar-refractivity contribution in [2.24, 2.45) is 0 Å². The number of hydrogen-bond acceptors (Lipinski definition) is 3. The summed E-state index contributed by atoms with van der Waals surface area (Å²) in [5, 5.41) is 25.3. The van der Waals surface area contributed by atoms with Crippen LogP contribution in [-0.2, 0) is 6.42 Å². The molecular weight excluding hydrogens is 364 g/mol. The van der Waals surface area contributed by atoms with Gasteiger partial charge in [0.25, 0.3) is 0 Å². The normalized spacial score (nSPS) is 11.3. The molecule has 0 unspecified atom stereocenters. The van der Waals surface area contributed by atoms with Gasteiger partial charge in [-0.1, -0.05) is 61.0 Å². The molecule has 3 heteroatoms. The van der Waals surface area contributed by atoms with Gasteiger partial charge in [0, 0.05) is 11.1 Å². The molecule has 4 rings (SSSR count). The molecule has 142 valence electrons. The molecule has 0 aliphatic rings. The van der Waals surface area contributed by atoms with Gasteiger partial charge in [0.1, 0.15) is 11.5 Å². The Hall–Kier alpha value is -2.65. The van der Waals surface area contributed by atoms with Crippen molar-refractivity contribution < 1.29 is 10.2 Å². The molecule has 0 saturated carbocycles. The van der Waals surface area contributed by atoms with Crippen LogP contribution in [0.25, 0.3) is 32.7 Å². The van der Waals surface area contributed by atoms with E-state index >= 15 is 0 Å². The Bertz CT molecular complexity index is 1130. The van der Waals surface area contributed by atoms with Gasteiger partial charge in [-0.3, -0.25) is 0 Å². The Morgan fingerprint density at radius 2 is 1.32 bits per heavy atom. The first kappa shape index (κ1) is 18.7. The Labute approximate surface area is 170 Å². The molecule has 4 aromatic carbocycles. The highest BCUT2D eigenvalue weighted by molar-refractivity contribution is 7.80. The molecule has 2 N–H and O–H groups in total. The summed E-state index contributed by atoms with van der Waals surface area (Å²) in [7, 11) is 0. The number of phenolic OH excluding ortho intramolecular Hbond substituents is 2. The van der Waals surface area contributed by atoms with E-state index in [9.17, 15) is 10.2 Å². The molecule has 0 amide bonds. The number of unbranched alkanes of at least 4 members (excludes halogenated alkanes) is 2. The van der Waals surface area contributed by atoms with E-state index in [4.69, 9.17) is 0 Å². The molecule has 0 heterocycles. The summed E-state index contributed by atoms with van der Waals surface area (Å²) in [6, 6.07) is 21.6. The first-order valence-electron chi connectivity index (χ1n) is 9.75. The zero-order chi connectivity index (χ0) is 19.5. The highest BCUT2D eigenvalue weighted by atomic mass is 32.1. The van der Waals surface area contributed by atoms with Gasteiger partial charge in [0.15, 0.2) is 0 Å². The van der Waals surface area contributed by atoms with Crippen LogP contribution in [0.15, 0.2) is 66.7 Å². The van der Waals surface area contributed by atoms with E-state index in [0.717, 1.165) is 46.6 Å². The minimum Gasteiger partial charge on any atom is -0.507 e. The topological polar surface area (TPSA) is 40.5 Å². The monoisotopic (exact) mass is 388 g/mol. The van der Waals surface area contributed by atoms with Crippen LogP contribution in [0.4, 0.5) is 0 Å². The van der Waals surface area contributed by atoms with Gasteiger partial charge >= 0.3 is 0 Å². The van der Waals surface area contributed by atoms with E-state index in [1.807, 2.05) is 36.4 Å². The molecule has 0 aliphatic carbocycles. The predicted octanol–water partition coefficient (Wildman–Crippen LogP) is 6.71. The molecule has 0 bridgehead atoms. The van der Waals surface area contributed by atoms with Crippen LogP contribution in [0.2, 0.25) is 0 Å². The van der Waals surface area contributed by atoms with Gasteiger partial charge in [0.05, 0.1) is 0 Å². The molecule has 0 aromatic heterocycles. The van der Waals surface area contributed by atoms with E-state index in [-0.39, 0.29) is 11.5 Å². The summed E-state index contributed by atoms with van der Waals surface area (Å²) in [5.74, 6) is 1.30. The molecule has 4 aromatic rings. The number of aryl methyl sites for hydroxylation is 1. The van der Waals surface area contributed by atoms with Crippen LogP contribution in [0, 0.1) is 0 Å². The lowest BCUT2D eigenvalue weighted by atomic mass is 9.91. The average molecular weight is 389 g/mol. The van der Waals surface area contributed by atoms with E-state index < -0.39 is 0 Å². The molecule has 28 heavy (non-hydrogen) atoms. The fraction of sp³-hybridized carbons (Fsp3) is 0.200. The van der Waals surface area contributed by atoms with Gasteiger partial charge in [0.2, 0.25) is 0 Å². The van der Waals surface area contributed by atoms with E-state index in [0.29, 0.717) is 11.1 Å². The quantitative estimate of drug-likeness (QED) is 0.254. The third-order valence-corrected chi connectivity index (χ3v) is 5.66. The van der Waals surface area contributed by atoms with Crippen LogP contribution in [-0.4, -0.2) is 16.0 Å². The van der Waals surface area contributed by atoms with Gasteiger partial charge < -0.3 is 10.2 Å². The predicted molar refractivity (Wildman–Crippen MR) is 122 cm³/mol. The van der Waals surface area contributed by atoms with E-state index in [1.165, 1.54) is 12.0 Å². The lowest BCUT2D eigenvalue weighted by Gasteiger charge is -2.15. The minimum atomic E-state index is 0.178. The van der Waals surface area contributed by atoms with Crippen molar-refractivity contribution in [3.05, 3.63) is 72.3 Å². The number of aromatic hydroxyl groups is 2. The Morgan fingerprint density at radius 3 is 2.07 bits per heavy atom. The fourth-order valence-electron chi connectivity index (χ4n) is 3.93. The highest BCUT2D eigenvalue weighted by Gasteiger charge is 2.16. The zero-order valence-electron chi connectivity index (χ0n) is 15.7. The Balaban J connectivity index is 1.84. The summed E-state index contributed by atoms with van der Waals surface area (Å²) in [6.07, 6.45) is 4.53. The van der Waals surface area contributed by atoms with Crippen LogP contribution < -0.4 is 0 Å². The fourth-order valence-corrected chi connectivity index (χ4v) is 4.15. The van der Waals surface area contributed by atoms with Crippen molar-refractivity contribution in [2.75, 3.05) is 5.75 Å². The third-order valence-electron chi connectivity index (χ3n) is 5.34. The third kappa shape index (κ3) is 3.55. The first-order valence-corrected chi connectivity index (χ1v) is 10.4. The largest absolute Gasteiger partial charge is 0.507 e. The summed E-state index contributed by atoms with van der Waals surface area (Å²) in [6.45, 7) is 0. The maximum Gasteiger partial charge on any atom is 0.124 e. The van der Waals surface area contributed by atoms with E-state index in [2.05, 4.69) is 30.8 Å². The van der Waals surface area contributed by atoms with Crippen molar-refractivity contribution in [1.29, 1.82) is 0 Å². The van der Waals surface area contributed by atoms with Gasteiger partial charge in [-0.25, -0.2) is 0 Å². The standard InChI is InChI=1S/C25H24O2S/c26-22-13-10-18-7-3-4-8-20(18)24(22)25-21-12-9-17(6-2-1-5-15-28)16-19(21)11-14-23(25)27/h3-4,7-14,16,26-28H,1-2,5-6,15H2. The first-order chi connectivity index (χ1) is 13.7. The summed E-state index contributed by atoms with van der Waals surface area (Å²) in [5.41, 5.74) is 2.67. The van der Waals surface area contributed by atoms with Gasteiger partial charge in [-0.2, -0.15) is 12.6 Å². The number of thiol groups is 1. The number of phenols is 2. The molecule has 0 saturated heterocycles. The maximum atomic E-state index is 10.7. The molecule has 0 radical (unpaired) electrons. The molecule has 0 atom stereocenters. The van der Waals surface area contributed by atoms with Gasteiger partial charge in [-0.15, -0.1) is 0 Å². The number of fused-ring (bicyclic) bond motifs is 2. The van der Waals surface area contributed by atoms with Crippen molar-refractivity contribution in [2.45, 2.75) is 25.7 Å². The van der Waals surface area contributed by atoms with Crippen LogP contribution in [0.5, 0.6) is 11.5 Å². The second kappa shape index (κ2) is 8.15. The maximum absolute atomic E-state index is 10.7. The SMILES string of the molecule is Oc1ccc2ccccc2c1-c1c(O)ccc2cc(CCCCCS)ccc12. The Kier molecular flexibility index (Phi) is 5.45. The number of benzene rings is 4. The average Bonchev–Trinajstić information content (AvgIpc) is 2.72. The smallest absolute Gasteiger partial charge is 0.124 e. The molecule has 0 aliphatic heterocycles. The summed E-state index contributed by atoms with van der Waals surface area (Å²) in [4.78, 5) is 0. The van der Waals surface area contributed by atoms with E-state index in [1.54, 1.807) is 12.1 Å². The van der Waals surface area contributed by atoms with Crippen molar-refractivity contribution in [3.8, 4) is 22.6 Å². The Morgan fingerprint density at radius 1 is 0.643 bits per heavy atom. The molecular formula is C25H24O2S. The highest BCUT2D eigenvalue weighted by Crippen LogP contribution is 2.44. The second-order valence-corrected chi connectivity index (χ2v) is 7.68. The van der Waals surface area contributed by atoms with Crippen LogP contribution in [0.1, 0.15) is 24.8 Å². The van der Waals surface area contributed by atoms with Crippen LogP contribution >= 0.6 is 12.6 Å². The molecule has 0 fully saturated rings. The second-order valence-electron chi connectivity index (χ2n) is 7.23. The zero-order valence-corrected chi connectivity index (χ0v) is 16.6.